The lowest BCUT2D eigenvalue weighted by Crippen LogP contribution is -1.87. The first-order valence-corrected chi connectivity index (χ1v) is 2.98. The normalized spacial score (nSPS) is 11.8. The van der Waals surface area contributed by atoms with Crippen LogP contribution in [0.15, 0.2) is 27.9 Å². The third-order valence-corrected chi connectivity index (χ3v) is 1.26. The second-order valence-corrected chi connectivity index (χ2v) is 2.12. The summed E-state index contributed by atoms with van der Waals surface area (Å²) < 4.78 is 0. The fraction of sp³-hybridized carbons (Fsp3) is 0.143. The molecule has 0 aliphatic rings. The van der Waals surface area contributed by atoms with Crippen LogP contribution in [0.4, 0.5) is 0 Å². The number of nitrogens with zero attached hydrogens (tertiary/aromatic N) is 1. The summed E-state index contributed by atoms with van der Waals surface area (Å²) in [6.45, 7) is 8.38. The Morgan fingerprint density at radius 1 is 1.70 bits per heavy atom. The standard InChI is InChI=1S/C7H8ClNO/c1-5(2)6(4-10)7(8)9-3/h4H,1,3H2,2H3/b7-6-. The van der Waals surface area contributed by atoms with E-state index in [1.165, 1.54) is 0 Å². The monoisotopic (exact) mass is 157 g/mol. The lowest BCUT2D eigenvalue weighted by Gasteiger charge is -1.96. The largest absolute Gasteiger partial charge is 0.298 e. The summed E-state index contributed by atoms with van der Waals surface area (Å²) in [6.07, 6.45) is 0.610. The fourth-order valence-corrected chi connectivity index (χ4v) is 0.616. The Labute approximate surface area is 64.9 Å². The van der Waals surface area contributed by atoms with Gasteiger partial charge in [-0.25, -0.2) is 0 Å². The van der Waals surface area contributed by atoms with Crippen LogP contribution in [0.3, 0.4) is 0 Å². The zero-order valence-corrected chi connectivity index (χ0v) is 6.48. The van der Waals surface area contributed by atoms with Gasteiger partial charge in [0.05, 0.1) is 5.57 Å². The van der Waals surface area contributed by atoms with E-state index in [0.717, 1.165) is 0 Å². The molecule has 0 aliphatic carbocycles. The van der Waals surface area contributed by atoms with E-state index in [1.54, 1.807) is 6.92 Å². The molecule has 0 saturated carbocycles. The minimum absolute atomic E-state index is 0.0995. The van der Waals surface area contributed by atoms with Gasteiger partial charge < -0.3 is 0 Å². The number of carbonyl (C=O) groups is 1. The van der Waals surface area contributed by atoms with E-state index in [2.05, 4.69) is 18.3 Å². The fourth-order valence-electron chi connectivity index (χ4n) is 0.410. The van der Waals surface area contributed by atoms with Gasteiger partial charge in [0.15, 0.2) is 6.29 Å². The van der Waals surface area contributed by atoms with E-state index < -0.39 is 0 Å². The Hall–Kier alpha value is -0.890. The molecule has 0 amide bonds. The van der Waals surface area contributed by atoms with Crippen LogP contribution >= 0.6 is 11.6 Å². The predicted octanol–water partition coefficient (Wildman–Crippen LogP) is 1.91. The summed E-state index contributed by atoms with van der Waals surface area (Å²) >= 11 is 5.48. The smallest absolute Gasteiger partial charge is 0.153 e. The van der Waals surface area contributed by atoms with E-state index >= 15 is 0 Å². The molecule has 0 fully saturated rings. The molecule has 0 radical (unpaired) electrons. The number of aldehydes is 1. The second-order valence-electron chi connectivity index (χ2n) is 1.76. The molecule has 0 aliphatic heterocycles. The molecule has 0 aromatic rings. The molecule has 10 heavy (non-hydrogen) atoms. The summed E-state index contributed by atoms with van der Waals surface area (Å²) in [5.74, 6) is 0. The third-order valence-electron chi connectivity index (χ3n) is 0.939. The minimum atomic E-state index is 0.0995. The summed E-state index contributed by atoms with van der Waals surface area (Å²) in [5.41, 5.74) is 0.893. The van der Waals surface area contributed by atoms with E-state index in [-0.39, 0.29) is 5.16 Å². The molecule has 0 bridgehead atoms. The number of hydrogen-bond acceptors (Lipinski definition) is 2. The highest BCUT2D eigenvalue weighted by Gasteiger charge is 2.00. The lowest BCUT2D eigenvalue weighted by atomic mass is 10.2. The van der Waals surface area contributed by atoms with Gasteiger partial charge in [0.2, 0.25) is 0 Å². The average Bonchev–Trinajstić information content (AvgIpc) is 1.88. The summed E-state index contributed by atoms with van der Waals surface area (Å²) in [4.78, 5) is 13.6. The van der Waals surface area contributed by atoms with Crippen molar-refractivity contribution in [2.75, 3.05) is 0 Å². The topological polar surface area (TPSA) is 29.4 Å². The quantitative estimate of drug-likeness (QED) is 0.202. The van der Waals surface area contributed by atoms with Crippen LogP contribution in [0, 0.1) is 0 Å². The maximum atomic E-state index is 10.3. The molecule has 3 heteroatoms. The maximum absolute atomic E-state index is 10.3. The van der Waals surface area contributed by atoms with E-state index in [0.29, 0.717) is 17.4 Å². The summed E-state index contributed by atoms with van der Waals surface area (Å²) in [5, 5.41) is 0.0995. The predicted molar refractivity (Wildman–Crippen MR) is 43.3 cm³/mol. The van der Waals surface area contributed by atoms with Crippen LogP contribution < -0.4 is 0 Å². The van der Waals surface area contributed by atoms with Gasteiger partial charge >= 0.3 is 0 Å². The SMILES string of the molecule is C=N/C(Cl)=C(/C=O)C(=C)C. The first kappa shape index (κ1) is 9.11. The Bertz CT molecular complexity index is 206. The number of rotatable bonds is 3. The zero-order valence-electron chi connectivity index (χ0n) is 5.72. The highest BCUT2D eigenvalue weighted by molar-refractivity contribution is 6.31. The average molecular weight is 158 g/mol. The maximum Gasteiger partial charge on any atom is 0.153 e. The molecule has 0 aromatic heterocycles. The van der Waals surface area contributed by atoms with Crippen LogP contribution in [0.2, 0.25) is 0 Å². The van der Waals surface area contributed by atoms with Crippen molar-refractivity contribution in [3.05, 3.63) is 22.9 Å². The Balaban J connectivity index is 4.79. The van der Waals surface area contributed by atoms with Crippen molar-refractivity contribution in [3.63, 3.8) is 0 Å². The highest BCUT2D eigenvalue weighted by Crippen LogP contribution is 2.14. The van der Waals surface area contributed by atoms with Gasteiger partial charge in [-0.3, -0.25) is 9.79 Å². The van der Waals surface area contributed by atoms with Crippen molar-refractivity contribution in [1.29, 1.82) is 0 Å². The minimum Gasteiger partial charge on any atom is -0.298 e. The van der Waals surface area contributed by atoms with E-state index in [9.17, 15) is 4.79 Å². The van der Waals surface area contributed by atoms with Gasteiger partial charge in [-0.15, -0.1) is 0 Å². The Kier molecular flexibility index (Phi) is 3.65. The first-order valence-electron chi connectivity index (χ1n) is 2.61. The van der Waals surface area contributed by atoms with Gasteiger partial charge in [0, 0.05) is 0 Å². The zero-order chi connectivity index (χ0) is 8.15. The highest BCUT2D eigenvalue weighted by atomic mass is 35.5. The van der Waals surface area contributed by atoms with Crippen molar-refractivity contribution >= 4 is 24.6 Å². The van der Waals surface area contributed by atoms with Gasteiger partial charge in [0.25, 0.3) is 0 Å². The molecular formula is C7H8ClNO. The molecule has 0 unspecified atom stereocenters. The number of carbonyl (C=O) groups excluding carboxylic acids is 1. The molecule has 0 rings (SSSR count). The number of hydrogen-bond donors (Lipinski definition) is 0. The van der Waals surface area contributed by atoms with Crippen LogP contribution in [-0.4, -0.2) is 13.0 Å². The number of halogens is 1. The summed E-state index contributed by atoms with van der Waals surface area (Å²) in [6, 6.07) is 0. The molecular weight excluding hydrogens is 150 g/mol. The molecule has 54 valence electrons. The molecule has 0 aromatic carbocycles. The van der Waals surface area contributed by atoms with Crippen molar-refractivity contribution in [2.45, 2.75) is 6.92 Å². The second kappa shape index (κ2) is 4.01. The summed E-state index contributed by atoms with van der Waals surface area (Å²) in [7, 11) is 0. The van der Waals surface area contributed by atoms with Crippen molar-refractivity contribution in [3.8, 4) is 0 Å². The first-order chi connectivity index (χ1) is 4.63. The third kappa shape index (κ3) is 2.15. The van der Waals surface area contributed by atoms with Crippen molar-refractivity contribution in [1.82, 2.24) is 0 Å². The van der Waals surface area contributed by atoms with E-state index in [1.807, 2.05) is 0 Å². The molecule has 2 nitrogen and oxygen atoms in total. The van der Waals surface area contributed by atoms with Gasteiger partial charge in [-0.1, -0.05) is 18.2 Å². The van der Waals surface area contributed by atoms with Crippen LogP contribution in [-0.2, 0) is 4.79 Å². The van der Waals surface area contributed by atoms with Crippen molar-refractivity contribution in [2.24, 2.45) is 4.99 Å². The molecule has 0 atom stereocenters. The molecule has 0 N–H and O–H groups in total. The Morgan fingerprint density at radius 2 is 2.20 bits per heavy atom. The molecule has 0 heterocycles. The van der Waals surface area contributed by atoms with E-state index in [4.69, 9.17) is 11.6 Å². The van der Waals surface area contributed by atoms with Gasteiger partial charge in [0.1, 0.15) is 5.16 Å². The Morgan fingerprint density at radius 3 is 2.30 bits per heavy atom. The lowest BCUT2D eigenvalue weighted by molar-refractivity contribution is -0.104. The number of aliphatic imine (C=N–C) groups is 1. The van der Waals surface area contributed by atoms with Gasteiger partial charge in [-0.2, -0.15) is 0 Å². The number of allylic oxidation sites excluding steroid dienone is 2. The van der Waals surface area contributed by atoms with Crippen LogP contribution in [0.25, 0.3) is 0 Å². The van der Waals surface area contributed by atoms with Crippen molar-refractivity contribution < 1.29 is 4.79 Å². The van der Waals surface area contributed by atoms with Gasteiger partial charge in [-0.05, 0) is 19.2 Å². The molecule has 0 spiro atoms. The molecule has 0 saturated heterocycles. The van der Waals surface area contributed by atoms with Crippen LogP contribution in [0.1, 0.15) is 6.92 Å². The van der Waals surface area contributed by atoms with Crippen LogP contribution in [0.5, 0.6) is 0 Å².